The Bertz CT molecular complexity index is 1120. The molecule has 156 valence electrons. The highest BCUT2D eigenvalue weighted by Gasteiger charge is 2.16. The number of nitrogens with one attached hydrogen (secondary N) is 1. The maximum absolute atomic E-state index is 12.6. The van der Waals surface area contributed by atoms with Gasteiger partial charge in [-0.25, -0.2) is 8.42 Å². The van der Waals surface area contributed by atoms with Gasteiger partial charge in [0.25, 0.3) is 5.91 Å². The molecule has 0 saturated carbocycles. The van der Waals surface area contributed by atoms with Crippen molar-refractivity contribution in [3.63, 3.8) is 0 Å². The van der Waals surface area contributed by atoms with E-state index in [4.69, 9.17) is 0 Å². The third-order valence-corrected chi connectivity index (χ3v) is 5.97. The predicted octanol–water partition coefficient (Wildman–Crippen LogP) is 4.25. The Morgan fingerprint density at radius 2 is 1.60 bits per heavy atom. The van der Waals surface area contributed by atoms with Crippen molar-refractivity contribution in [3.05, 3.63) is 72.4 Å². The van der Waals surface area contributed by atoms with Crippen molar-refractivity contribution in [2.45, 2.75) is 18.7 Å². The molecule has 0 radical (unpaired) electrons. The van der Waals surface area contributed by atoms with Gasteiger partial charge in [-0.15, -0.1) is 0 Å². The average Bonchev–Trinajstić information content (AvgIpc) is 2.75. The zero-order valence-electron chi connectivity index (χ0n) is 17.3. The number of carbonyl (C=O) groups is 1. The Balaban J connectivity index is 1.77. The van der Waals surface area contributed by atoms with Gasteiger partial charge in [-0.1, -0.05) is 12.1 Å². The van der Waals surface area contributed by atoms with Gasteiger partial charge in [0.15, 0.2) is 9.84 Å². The van der Waals surface area contributed by atoms with Gasteiger partial charge in [-0.3, -0.25) is 9.78 Å². The van der Waals surface area contributed by atoms with Gasteiger partial charge in [0, 0.05) is 48.0 Å². The lowest BCUT2D eigenvalue weighted by Crippen LogP contribution is -2.21. The van der Waals surface area contributed by atoms with Crippen molar-refractivity contribution in [2.75, 3.05) is 29.6 Å². The number of anilines is 2. The zero-order chi connectivity index (χ0) is 21.7. The second kappa shape index (κ2) is 9.09. The van der Waals surface area contributed by atoms with E-state index in [0.717, 1.165) is 25.0 Å². The molecule has 1 N–H and O–H groups in total. The second-order valence-electron chi connectivity index (χ2n) is 6.87. The van der Waals surface area contributed by atoms with Crippen molar-refractivity contribution in [2.24, 2.45) is 0 Å². The highest BCUT2D eigenvalue weighted by molar-refractivity contribution is 7.90. The lowest BCUT2D eigenvalue weighted by atomic mass is 10.1. The number of nitrogens with zero attached hydrogens (tertiary/aromatic N) is 2. The molecular weight excluding hydrogens is 398 g/mol. The highest BCUT2D eigenvalue weighted by Crippen LogP contribution is 2.25. The number of aromatic nitrogens is 1. The fourth-order valence-electron chi connectivity index (χ4n) is 3.23. The maximum atomic E-state index is 12.6. The Hall–Kier alpha value is -3.19. The van der Waals surface area contributed by atoms with Crippen LogP contribution in [0, 0.1) is 0 Å². The smallest absolute Gasteiger partial charge is 0.255 e. The molecule has 0 aliphatic rings. The molecular formula is C23H25N3O3S. The summed E-state index contributed by atoms with van der Waals surface area (Å²) in [6.45, 7) is 6.05. The summed E-state index contributed by atoms with van der Waals surface area (Å²) in [4.78, 5) is 19.2. The summed E-state index contributed by atoms with van der Waals surface area (Å²) in [5, 5.41) is 2.89. The van der Waals surface area contributed by atoms with E-state index in [2.05, 4.69) is 29.0 Å². The van der Waals surface area contributed by atoms with Crippen LogP contribution in [0.3, 0.4) is 0 Å². The van der Waals surface area contributed by atoms with Crippen molar-refractivity contribution in [3.8, 4) is 11.3 Å². The van der Waals surface area contributed by atoms with Crippen LogP contribution in [0.15, 0.2) is 71.8 Å². The number of carbonyl (C=O) groups excluding carboxylic acids is 1. The van der Waals surface area contributed by atoms with Gasteiger partial charge in [0.05, 0.1) is 10.6 Å². The average molecular weight is 424 g/mol. The first kappa shape index (κ1) is 21.5. The molecule has 0 bridgehead atoms. The summed E-state index contributed by atoms with van der Waals surface area (Å²) < 4.78 is 24.0. The van der Waals surface area contributed by atoms with Gasteiger partial charge >= 0.3 is 0 Å². The van der Waals surface area contributed by atoms with Crippen LogP contribution in [0.4, 0.5) is 11.4 Å². The first-order valence-electron chi connectivity index (χ1n) is 9.75. The molecule has 0 fully saturated rings. The minimum Gasteiger partial charge on any atom is -0.372 e. The van der Waals surface area contributed by atoms with Crippen LogP contribution in [0.2, 0.25) is 0 Å². The van der Waals surface area contributed by atoms with Gasteiger partial charge < -0.3 is 10.2 Å². The molecule has 7 heteroatoms. The number of benzene rings is 2. The molecule has 1 amide bonds. The van der Waals surface area contributed by atoms with Crippen molar-refractivity contribution in [1.29, 1.82) is 0 Å². The minimum absolute atomic E-state index is 0.162. The van der Waals surface area contributed by atoms with E-state index in [0.29, 0.717) is 22.5 Å². The van der Waals surface area contributed by atoms with E-state index in [9.17, 15) is 13.2 Å². The molecule has 3 rings (SSSR count). The van der Waals surface area contributed by atoms with Crippen LogP contribution in [0.1, 0.15) is 24.2 Å². The number of rotatable bonds is 7. The molecule has 0 atom stereocenters. The molecule has 0 saturated heterocycles. The molecule has 1 aromatic heterocycles. The van der Waals surface area contributed by atoms with Crippen molar-refractivity contribution in [1.82, 2.24) is 4.98 Å². The Kier molecular flexibility index (Phi) is 6.52. The van der Waals surface area contributed by atoms with Crippen molar-refractivity contribution >= 4 is 27.1 Å². The number of hydrogen-bond acceptors (Lipinski definition) is 5. The summed E-state index contributed by atoms with van der Waals surface area (Å²) in [6, 6.07) is 17.6. The standard InChI is InChI=1S/C23H25N3O3S/c1-4-26(5-2)20-14-12-19(13-15-20)25-23(27)18-10-8-17(9-11-18)22-21(30(3,28)29)7-6-16-24-22/h6-16H,4-5H2,1-3H3,(H,25,27). The van der Waals surface area contributed by atoms with E-state index in [1.54, 1.807) is 36.5 Å². The SMILES string of the molecule is CCN(CC)c1ccc(NC(=O)c2ccc(-c3ncccc3S(C)(=O)=O)cc2)cc1. The summed E-state index contributed by atoms with van der Waals surface area (Å²) in [5.41, 5.74) is 3.31. The molecule has 3 aromatic rings. The monoisotopic (exact) mass is 423 g/mol. The van der Waals surface area contributed by atoms with E-state index in [-0.39, 0.29) is 10.8 Å². The van der Waals surface area contributed by atoms with E-state index in [1.165, 1.54) is 6.07 Å². The van der Waals surface area contributed by atoms with Crippen LogP contribution < -0.4 is 10.2 Å². The molecule has 0 spiro atoms. The summed E-state index contributed by atoms with van der Waals surface area (Å²) in [6.07, 6.45) is 2.70. The first-order valence-corrected chi connectivity index (χ1v) is 11.6. The first-order chi connectivity index (χ1) is 14.3. The van der Waals surface area contributed by atoms with Gasteiger partial charge in [-0.05, 0) is 62.4 Å². The Morgan fingerprint density at radius 1 is 0.967 bits per heavy atom. The van der Waals surface area contributed by atoms with Crippen LogP contribution in [0.25, 0.3) is 11.3 Å². The van der Waals surface area contributed by atoms with E-state index >= 15 is 0 Å². The number of hydrogen-bond donors (Lipinski definition) is 1. The van der Waals surface area contributed by atoms with E-state index < -0.39 is 9.84 Å². The molecule has 0 unspecified atom stereocenters. The van der Waals surface area contributed by atoms with Crippen LogP contribution in [-0.2, 0) is 9.84 Å². The predicted molar refractivity (Wildman–Crippen MR) is 121 cm³/mol. The lowest BCUT2D eigenvalue weighted by molar-refractivity contribution is 0.102. The fraction of sp³-hybridized carbons (Fsp3) is 0.217. The third kappa shape index (κ3) is 4.86. The lowest BCUT2D eigenvalue weighted by Gasteiger charge is -2.21. The molecule has 6 nitrogen and oxygen atoms in total. The van der Waals surface area contributed by atoms with Gasteiger partial charge in [0.2, 0.25) is 0 Å². The molecule has 0 aliphatic carbocycles. The third-order valence-electron chi connectivity index (χ3n) is 4.84. The largest absolute Gasteiger partial charge is 0.372 e. The molecule has 2 aromatic carbocycles. The van der Waals surface area contributed by atoms with Crippen molar-refractivity contribution < 1.29 is 13.2 Å². The zero-order valence-corrected chi connectivity index (χ0v) is 18.1. The molecule has 1 heterocycles. The fourth-order valence-corrected chi connectivity index (χ4v) is 4.08. The summed E-state index contributed by atoms with van der Waals surface area (Å²) >= 11 is 0. The van der Waals surface area contributed by atoms with Crippen LogP contribution >= 0.6 is 0 Å². The van der Waals surface area contributed by atoms with Gasteiger partial charge in [0.1, 0.15) is 0 Å². The number of pyridine rings is 1. The molecule has 0 aliphatic heterocycles. The Labute approximate surface area is 177 Å². The van der Waals surface area contributed by atoms with E-state index in [1.807, 2.05) is 24.3 Å². The highest BCUT2D eigenvalue weighted by atomic mass is 32.2. The van der Waals surface area contributed by atoms with Crippen LogP contribution in [0.5, 0.6) is 0 Å². The Morgan fingerprint density at radius 3 is 2.17 bits per heavy atom. The number of amides is 1. The minimum atomic E-state index is -3.41. The normalized spacial score (nSPS) is 11.2. The summed E-state index contributed by atoms with van der Waals surface area (Å²) in [5.74, 6) is -0.235. The quantitative estimate of drug-likeness (QED) is 0.615. The van der Waals surface area contributed by atoms with Crippen LogP contribution in [-0.4, -0.2) is 38.7 Å². The van der Waals surface area contributed by atoms with Gasteiger partial charge in [-0.2, -0.15) is 0 Å². The number of sulfone groups is 1. The molecule has 30 heavy (non-hydrogen) atoms. The summed E-state index contributed by atoms with van der Waals surface area (Å²) in [7, 11) is -3.41. The maximum Gasteiger partial charge on any atom is 0.255 e. The topological polar surface area (TPSA) is 79.4 Å². The second-order valence-corrected chi connectivity index (χ2v) is 8.86.